The molecule has 11 heteroatoms. The third-order valence-corrected chi connectivity index (χ3v) is 6.05. The number of nitrogen functional groups attached to an aromatic ring is 1. The Labute approximate surface area is 217 Å². The summed E-state index contributed by atoms with van der Waals surface area (Å²) < 4.78 is 0. The zero-order valence-corrected chi connectivity index (χ0v) is 21.1. The number of aromatic hydroxyl groups is 1. The Morgan fingerprint density at radius 1 is 1.14 bits per heavy atom. The molecule has 6 N–H and O–H groups in total. The number of halogens is 1. The number of carbonyl (C=O) groups is 1. The quantitative estimate of drug-likeness (QED) is 0.122. The van der Waals surface area contributed by atoms with E-state index in [2.05, 4.69) is 4.98 Å². The summed E-state index contributed by atoms with van der Waals surface area (Å²) in [4.78, 5) is 32.6. The number of aromatic amines is 1. The molecule has 0 fully saturated rings. The fourth-order valence-electron chi connectivity index (χ4n) is 3.94. The molecule has 4 rings (SSSR count). The summed E-state index contributed by atoms with van der Waals surface area (Å²) in [5, 5.41) is 23.5. The number of nitro groups is 1. The van der Waals surface area contributed by atoms with Gasteiger partial charge >= 0.3 is 0 Å². The van der Waals surface area contributed by atoms with Crippen molar-refractivity contribution in [1.82, 2.24) is 4.98 Å². The number of rotatable bonds is 6. The highest BCUT2D eigenvalue weighted by molar-refractivity contribution is 6.31. The first-order chi connectivity index (χ1) is 17.4. The first-order valence-corrected chi connectivity index (χ1v) is 11.5. The number of H-pyrrole nitrogens is 1. The third-order valence-electron chi connectivity index (χ3n) is 5.81. The first-order valence-electron chi connectivity index (χ1n) is 11.2. The smallest absolute Gasteiger partial charge is 0.292 e. The molecule has 37 heavy (non-hydrogen) atoms. The molecule has 10 nitrogen and oxygen atoms in total. The number of nitro benzene ring substituents is 1. The van der Waals surface area contributed by atoms with E-state index in [0.29, 0.717) is 38.4 Å². The van der Waals surface area contributed by atoms with Gasteiger partial charge in [0.2, 0.25) is 5.91 Å². The molecule has 1 aromatic heterocycles. The van der Waals surface area contributed by atoms with Crippen LogP contribution in [-0.2, 0) is 4.79 Å². The number of nitrogens with two attached hydrogens (primary N) is 2. The third kappa shape index (κ3) is 5.11. The average molecular weight is 521 g/mol. The van der Waals surface area contributed by atoms with Crippen LogP contribution in [0.4, 0.5) is 22.7 Å². The van der Waals surface area contributed by atoms with E-state index in [4.69, 9.17) is 28.1 Å². The summed E-state index contributed by atoms with van der Waals surface area (Å²) in [6, 6.07) is 16.2. The zero-order chi connectivity index (χ0) is 27.1. The van der Waals surface area contributed by atoms with E-state index >= 15 is 0 Å². The summed E-state index contributed by atoms with van der Waals surface area (Å²) in [6.07, 6.45) is 0. The van der Waals surface area contributed by atoms with Crippen LogP contribution in [0.1, 0.15) is 25.0 Å². The van der Waals surface area contributed by atoms with E-state index in [1.54, 1.807) is 69.4 Å². The normalized spacial score (nSPS) is 12.1. The van der Waals surface area contributed by atoms with Crippen LogP contribution >= 0.6 is 11.6 Å². The van der Waals surface area contributed by atoms with Gasteiger partial charge in [-0.25, -0.2) is 4.99 Å². The molecule has 3 aromatic carbocycles. The van der Waals surface area contributed by atoms with Crippen LogP contribution in [-0.4, -0.2) is 39.2 Å². The van der Waals surface area contributed by atoms with Crippen LogP contribution in [0.25, 0.3) is 10.9 Å². The van der Waals surface area contributed by atoms with Gasteiger partial charge < -0.3 is 26.5 Å². The lowest BCUT2D eigenvalue weighted by atomic mass is 9.99. The van der Waals surface area contributed by atoms with Crippen LogP contribution in [0.15, 0.2) is 65.7 Å². The first kappa shape index (κ1) is 25.7. The Kier molecular flexibility index (Phi) is 6.64. The number of hydrogen-bond acceptors (Lipinski definition) is 7. The van der Waals surface area contributed by atoms with Gasteiger partial charge in [0, 0.05) is 34.8 Å². The van der Waals surface area contributed by atoms with Gasteiger partial charge in [-0.3, -0.25) is 14.9 Å². The number of aliphatic imine (C=N–C) groups is 1. The van der Waals surface area contributed by atoms with Crippen LogP contribution in [0.3, 0.4) is 0 Å². The number of hydrogen-bond donors (Lipinski definition) is 4. The zero-order valence-electron chi connectivity index (χ0n) is 20.3. The summed E-state index contributed by atoms with van der Waals surface area (Å²) in [5.41, 5.74) is 13.1. The van der Waals surface area contributed by atoms with Crippen molar-refractivity contribution < 1.29 is 14.8 Å². The topological polar surface area (TPSA) is 164 Å². The minimum Gasteiger partial charge on any atom is -0.494 e. The number of anilines is 2. The second-order valence-corrected chi connectivity index (χ2v) is 9.57. The number of fused-ring (bicyclic) bond motifs is 1. The number of benzene rings is 3. The van der Waals surface area contributed by atoms with Crippen molar-refractivity contribution in [3.05, 3.63) is 86.9 Å². The highest BCUT2D eigenvalue weighted by Crippen LogP contribution is 2.34. The Balaban J connectivity index is 1.88. The molecular weight excluding hydrogens is 496 g/mol. The minimum atomic E-state index is -1.04. The Morgan fingerprint density at radius 2 is 1.81 bits per heavy atom. The summed E-state index contributed by atoms with van der Waals surface area (Å²) in [5.74, 6) is -0.441. The van der Waals surface area contributed by atoms with E-state index < -0.39 is 10.5 Å². The molecule has 0 saturated carbocycles. The van der Waals surface area contributed by atoms with Crippen molar-refractivity contribution in [2.45, 2.75) is 19.4 Å². The lowest BCUT2D eigenvalue weighted by Crippen LogP contribution is -2.49. The fourth-order valence-corrected chi connectivity index (χ4v) is 4.11. The lowest BCUT2D eigenvalue weighted by Gasteiger charge is -2.25. The predicted octanol–water partition coefficient (Wildman–Crippen LogP) is 4.89. The van der Waals surface area contributed by atoms with Crippen molar-refractivity contribution in [3.63, 3.8) is 0 Å². The summed E-state index contributed by atoms with van der Waals surface area (Å²) >= 11 is 6.11. The maximum atomic E-state index is 12.5. The molecule has 0 aliphatic carbocycles. The van der Waals surface area contributed by atoms with Gasteiger partial charge in [0.15, 0.2) is 5.88 Å². The molecular formula is C26H25ClN6O4. The van der Waals surface area contributed by atoms with Crippen molar-refractivity contribution in [3.8, 4) is 5.88 Å². The summed E-state index contributed by atoms with van der Waals surface area (Å²) in [7, 11) is 1.63. The maximum absolute atomic E-state index is 12.5. The number of aromatic nitrogens is 1. The molecule has 0 saturated heterocycles. The standard InChI is InChI=1S/C26H25ClN6O4/c1-26(2,29)25(35)32(3)17-8-6-16(7-9-17)30-23(14-4-11-19(28)21(12-14)33(36)37)22-18-10-5-15(27)13-20(18)31-24(22)34/h4-13,31,34H,28-29H2,1-3H3. The molecule has 1 heterocycles. The predicted molar refractivity (Wildman–Crippen MR) is 146 cm³/mol. The van der Waals surface area contributed by atoms with Crippen molar-refractivity contribution in [2.75, 3.05) is 17.7 Å². The van der Waals surface area contributed by atoms with Crippen LogP contribution in [0.2, 0.25) is 5.02 Å². The highest BCUT2D eigenvalue weighted by atomic mass is 35.5. The molecule has 0 aliphatic rings. The molecule has 0 aliphatic heterocycles. The van der Waals surface area contributed by atoms with Crippen LogP contribution in [0, 0.1) is 10.1 Å². The molecule has 0 unspecified atom stereocenters. The van der Waals surface area contributed by atoms with Crippen molar-refractivity contribution in [2.24, 2.45) is 10.7 Å². The van der Waals surface area contributed by atoms with E-state index in [9.17, 15) is 20.0 Å². The Hall–Kier alpha value is -4.41. The van der Waals surface area contributed by atoms with Crippen molar-refractivity contribution in [1.29, 1.82) is 0 Å². The lowest BCUT2D eigenvalue weighted by molar-refractivity contribution is -0.383. The van der Waals surface area contributed by atoms with Gasteiger partial charge in [-0.15, -0.1) is 0 Å². The molecule has 0 bridgehead atoms. The fraction of sp³-hybridized carbons (Fsp3) is 0.154. The van der Waals surface area contributed by atoms with Crippen LogP contribution in [0.5, 0.6) is 5.88 Å². The molecule has 0 atom stereocenters. The highest BCUT2D eigenvalue weighted by Gasteiger charge is 2.26. The molecule has 0 spiro atoms. The van der Waals surface area contributed by atoms with Gasteiger partial charge in [0.25, 0.3) is 5.69 Å². The number of nitrogens with one attached hydrogen (secondary N) is 1. The van der Waals surface area contributed by atoms with Gasteiger partial charge in [-0.2, -0.15) is 0 Å². The van der Waals surface area contributed by atoms with Gasteiger partial charge in [0.05, 0.1) is 32.9 Å². The number of nitrogens with zero attached hydrogens (tertiary/aromatic N) is 3. The average Bonchev–Trinajstić information content (AvgIpc) is 3.16. The molecule has 190 valence electrons. The monoisotopic (exact) mass is 520 g/mol. The van der Waals surface area contributed by atoms with Gasteiger partial charge in [-0.1, -0.05) is 23.7 Å². The Bertz CT molecular complexity index is 1550. The second kappa shape index (κ2) is 9.57. The second-order valence-electron chi connectivity index (χ2n) is 9.13. The summed E-state index contributed by atoms with van der Waals surface area (Å²) in [6.45, 7) is 3.26. The van der Waals surface area contributed by atoms with Gasteiger partial charge in [-0.05, 0) is 56.3 Å². The van der Waals surface area contributed by atoms with E-state index in [1.165, 1.54) is 17.0 Å². The van der Waals surface area contributed by atoms with Crippen LogP contribution < -0.4 is 16.4 Å². The maximum Gasteiger partial charge on any atom is 0.292 e. The minimum absolute atomic E-state index is 0.00270. The Morgan fingerprint density at radius 3 is 2.43 bits per heavy atom. The molecule has 4 aromatic rings. The number of amides is 1. The molecule has 1 amide bonds. The van der Waals surface area contributed by atoms with E-state index in [1.807, 2.05) is 0 Å². The van der Waals surface area contributed by atoms with E-state index in [0.717, 1.165) is 0 Å². The number of likely N-dealkylation sites (N-methyl/N-ethyl adjacent to an activating group) is 1. The van der Waals surface area contributed by atoms with E-state index in [-0.39, 0.29) is 28.9 Å². The SMILES string of the molecule is CN(C(=O)C(C)(C)N)c1ccc(N=C(c2ccc(N)c([N+](=O)[O-])c2)c2c(O)[nH]c3cc(Cl)ccc23)cc1. The largest absolute Gasteiger partial charge is 0.494 e. The van der Waals surface area contributed by atoms with Crippen molar-refractivity contribution >= 4 is 56.9 Å². The molecule has 0 radical (unpaired) electrons. The van der Waals surface area contributed by atoms with Gasteiger partial charge in [0.1, 0.15) is 5.69 Å². The number of carbonyl (C=O) groups excluding carboxylic acids is 1.